The van der Waals surface area contributed by atoms with Gasteiger partial charge < -0.3 is 9.47 Å². The molecule has 0 atom stereocenters. The van der Waals surface area contributed by atoms with Crippen molar-refractivity contribution in [3.05, 3.63) is 35.4 Å². The molecule has 0 unspecified atom stereocenters. The average molecular weight is 222 g/mol. The van der Waals surface area contributed by atoms with Crippen LogP contribution in [0.2, 0.25) is 0 Å². The third kappa shape index (κ3) is 4.13. The number of hydrogen-bond donors (Lipinski definition) is 0. The van der Waals surface area contributed by atoms with Crippen LogP contribution < -0.4 is 0 Å². The van der Waals surface area contributed by atoms with E-state index in [2.05, 4.69) is 4.74 Å². The van der Waals surface area contributed by atoms with Gasteiger partial charge in [0.1, 0.15) is 13.2 Å². The van der Waals surface area contributed by atoms with Gasteiger partial charge in [-0.05, 0) is 19.1 Å². The zero-order chi connectivity index (χ0) is 12.0. The van der Waals surface area contributed by atoms with E-state index < -0.39 is 5.97 Å². The highest BCUT2D eigenvalue weighted by atomic mass is 16.6. The quantitative estimate of drug-likeness (QED) is 0.575. The zero-order valence-corrected chi connectivity index (χ0v) is 9.36. The molecule has 4 heteroatoms. The zero-order valence-electron chi connectivity index (χ0n) is 9.36. The van der Waals surface area contributed by atoms with Crippen molar-refractivity contribution in [1.29, 1.82) is 0 Å². The summed E-state index contributed by atoms with van der Waals surface area (Å²) in [6.07, 6.45) is 0. The van der Waals surface area contributed by atoms with Crippen molar-refractivity contribution in [2.24, 2.45) is 0 Å². The highest BCUT2D eigenvalue weighted by Crippen LogP contribution is 2.05. The van der Waals surface area contributed by atoms with Crippen molar-refractivity contribution in [2.45, 2.75) is 13.8 Å². The van der Waals surface area contributed by atoms with Gasteiger partial charge in [0, 0.05) is 6.92 Å². The summed E-state index contributed by atoms with van der Waals surface area (Å²) in [4.78, 5) is 21.9. The molecule has 0 N–H and O–H groups in total. The van der Waals surface area contributed by atoms with Crippen LogP contribution in [-0.4, -0.2) is 25.2 Å². The maximum atomic E-state index is 11.5. The molecule has 0 amide bonds. The van der Waals surface area contributed by atoms with Crippen molar-refractivity contribution in [3.63, 3.8) is 0 Å². The van der Waals surface area contributed by atoms with Crippen molar-refractivity contribution in [3.8, 4) is 0 Å². The highest BCUT2D eigenvalue weighted by molar-refractivity contribution is 5.89. The van der Waals surface area contributed by atoms with Gasteiger partial charge in [0.05, 0.1) is 5.56 Å². The molecule has 0 aromatic heterocycles. The number of benzene rings is 1. The third-order valence-corrected chi connectivity index (χ3v) is 1.88. The number of ether oxygens (including phenoxy) is 2. The molecule has 16 heavy (non-hydrogen) atoms. The van der Waals surface area contributed by atoms with Crippen LogP contribution in [0.3, 0.4) is 0 Å². The van der Waals surface area contributed by atoms with Crippen molar-refractivity contribution < 1.29 is 19.1 Å². The lowest BCUT2D eigenvalue weighted by Crippen LogP contribution is -2.12. The highest BCUT2D eigenvalue weighted by Gasteiger charge is 2.06. The Labute approximate surface area is 94.2 Å². The van der Waals surface area contributed by atoms with Gasteiger partial charge in [0.25, 0.3) is 0 Å². The van der Waals surface area contributed by atoms with E-state index in [-0.39, 0.29) is 19.2 Å². The van der Waals surface area contributed by atoms with E-state index in [4.69, 9.17) is 4.74 Å². The fourth-order valence-electron chi connectivity index (χ4n) is 1.18. The van der Waals surface area contributed by atoms with Crippen molar-refractivity contribution >= 4 is 11.9 Å². The largest absolute Gasteiger partial charge is 0.462 e. The molecule has 0 spiro atoms. The number of carbonyl (C=O) groups is 2. The van der Waals surface area contributed by atoms with Crippen LogP contribution in [0.25, 0.3) is 0 Å². The lowest BCUT2D eigenvalue weighted by Gasteiger charge is -2.05. The molecule has 0 fully saturated rings. The minimum atomic E-state index is -0.407. The first kappa shape index (κ1) is 12.2. The number of rotatable bonds is 4. The summed E-state index contributed by atoms with van der Waals surface area (Å²) in [5, 5.41) is 0. The predicted octanol–water partition coefficient (Wildman–Crippen LogP) is 1.71. The van der Waals surface area contributed by atoms with E-state index in [1.807, 2.05) is 13.0 Å². The first-order valence-corrected chi connectivity index (χ1v) is 4.97. The fraction of sp³-hybridized carbons (Fsp3) is 0.333. The first-order chi connectivity index (χ1) is 7.59. The molecule has 0 saturated heterocycles. The van der Waals surface area contributed by atoms with Crippen molar-refractivity contribution in [2.75, 3.05) is 13.2 Å². The standard InChI is InChI=1S/C12H14O4/c1-9-4-3-5-11(8-9)12(14)16-7-6-15-10(2)13/h3-5,8H,6-7H2,1-2H3. The Morgan fingerprint density at radius 1 is 1.19 bits per heavy atom. The van der Waals surface area contributed by atoms with Gasteiger partial charge >= 0.3 is 11.9 Å². The van der Waals surface area contributed by atoms with Crippen LogP contribution in [0, 0.1) is 6.92 Å². The van der Waals surface area contributed by atoms with Crippen LogP contribution >= 0.6 is 0 Å². The molecule has 1 rings (SSSR count). The van der Waals surface area contributed by atoms with E-state index in [1.54, 1.807) is 18.2 Å². The molecule has 0 radical (unpaired) electrons. The normalized spacial score (nSPS) is 9.62. The van der Waals surface area contributed by atoms with Gasteiger partial charge in [-0.1, -0.05) is 17.7 Å². The molecule has 0 aliphatic carbocycles. The van der Waals surface area contributed by atoms with Gasteiger partial charge in [-0.25, -0.2) is 4.79 Å². The van der Waals surface area contributed by atoms with Gasteiger partial charge in [0.2, 0.25) is 0 Å². The number of carbonyl (C=O) groups excluding carboxylic acids is 2. The molecule has 0 heterocycles. The van der Waals surface area contributed by atoms with Crippen LogP contribution in [0.5, 0.6) is 0 Å². The summed E-state index contributed by atoms with van der Waals surface area (Å²) in [6.45, 7) is 3.37. The van der Waals surface area contributed by atoms with Gasteiger partial charge in [0.15, 0.2) is 0 Å². The Bertz CT molecular complexity index is 384. The molecule has 1 aromatic carbocycles. The maximum Gasteiger partial charge on any atom is 0.338 e. The Kier molecular flexibility index (Phi) is 4.51. The summed E-state index contributed by atoms with van der Waals surface area (Å²) < 4.78 is 9.55. The molecule has 0 aliphatic rings. The van der Waals surface area contributed by atoms with Crippen LogP contribution in [0.1, 0.15) is 22.8 Å². The number of esters is 2. The minimum Gasteiger partial charge on any atom is -0.462 e. The second-order valence-corrected chi connectivity index (χ2v) is 3.35. The predicted molar refractivity (Wildman–Crippen MR) is 58.1 cm³/mol. The third-order valence-electron chi connectivity index (χ3n) is 1.88. The van der Waals surface area contributed by atoms with Gasteiger partial charge in [-0.15, -0.1) is 0 Å². The second-order valence-electron chi connectivity index (χ2n) is 3.35. The van der Waals surface area contributed by atoms with E-state index in [0.29, 0.717) is 5.56 Å². The Morgan fingerprint density at radius 2 is 1.88 bits per heavy atom. The molecular weight excluding hydrogens is 208 g/mol. The summed E-state index contributed by atoms with van der Waals surface area (Å²) >= 11 is 0. The van der Waals surface area contributed by atoms with Crippen LogP contribution in [0.15, 0.2) is 24.3 Å². The Morgan fingerprint density at radius 3 is 2.50 bits per heavy atom. The minimum absolute atomic E-state index is 0.0757. The fourth-order valence-corrected chi connectivity index (χ4v) is 1.18. The first-order valence-electron chi connectivity index (χ1n) is 4.97. The maximum absolute atomic E-state index is 11.5. The second kappa shape index (κ2) is 5.90. The van der Waals surface area contributed by atoms with Crippen LogP contribution in [0.4, 0.5) is 0 Å². The smallest absolute Gasteiger partial charge is 0.338 e. The van der Waals surface area contributed by atoms with Gasteiger partial charge in [-0.3, -0.25) is 4.79 Å². The topological polar surface area (TPSA) is 52.6 Å². The Hall–Kier alpha value is -1.84. The average Bonchev–Trinajstić information content (AvgIpc) is 2.24. The van der Waals surface area contributed by atoms with Gasteiger partial charge in [-0.2, -0.15) is 0 Å². The number of hydrogen-bond acceptors (Lipinski definition) is 4. The SMILES string of the molecule is CC(=O)OCCOC(=O)c1cccc(C)c1. The van der Waals surface area contributed by atoms with Crippen LogP contribution in [-0.2, 0) is 14.3 Å². The Balaban J connectivity index is 2.38. The van der Waals surface area contributed by atoms with E-state index in [0.717, 1.165) is 5.56 Å². The molecule has 1 aromatic rings. The molecule has 86 valence electrons. The van der Waals surface area contributed by atoms with Crippen molar-refractivity contribution in [1.82, 2.24) is 0 Å². The summed E-state index contributed by atoms with van der Waals surface area (Å²) in [5.74, 6) is -0.789. The molecule has 0 saturated carbocycles. The summed E-state index contributed by atoms with van der Waals surface area (Å²) in [6, 6.07) is 7.11. The molecule has 4 nitrogen and oxygen atoms in total. The van der Waals surface area contributed by atoms with E-state index in [1.165, 1.54) is 6.92 Å². The summed E-state index contributed by atoms with van der Waals surface area (Å²) in [7, 11) is 0. The monoisotopic (exact) mass is 222 g/mol. The summed E-state index contributed by atoms with van der Waals surface area (Å²) in [5.41, 5.74) is 1.50. The molecule has 0 bridgehead atoms. The van der Waals surface area contributed by atoms with E-state index >= 15 is 0 Å². The lowest BCUT2D eigenvalue weighted by atomic mass is 10.1. The lowest BCUT2D eigenvalue weighted by molar-refractivity contribution is -0.142. The van der Waals surface area contributed by atoms with E-state index in [9.17, 15) is 9.59 Å². The molecule has 0 aliphatic heterocycles. The molecular formula is C12H14O4. The number of aryl methyl sites for hydroxylation is 1.